The van der Waals surface area contributed by atoms with Crippen LogP contribution in [0.15, 0.2) is 78.4 Å². The molecule has 1 amide bonds. The molecule has 1 unspecified atom stereocenters. The highest BCUT2D eigenvalue weighted by molar-refractivity contribution is 6.00. The van der Waals surface area contributed by atoms with Gasteiger partial charge in [0.25, 0.3) is 5.91 Å². The van der Waals surface area contributed by atoms with Crippen LogP contribution in [-0.4, -0.2) is 40.7 Å². The van der Waals surface area contributed by atoms with Crippen LogP contribution in [0.25, 0.3) is 11.8 Å². The highest BCUT2D eigenvalue weighted by Crippen LogP contribution is 2.35. The van der Waals surface area contributed by atoms with Crippen LogP contribution in [0, 0.1) is 6.92 Å². The van der Waals surface area contributed by atoms with Crippen molar-refractivity contribution in [1.29, 1.82) is 0 Å². The van der Waals surface area contributed by atoms with Gasteiger partial charge in [-0.1, -0.05) is 42.5 Å². The van der Waals surface area contributed by atoms with Crippen LogP contribution in [0.2, 0.25) is 0 Å². The van der Waals surface area contributed by atoms with Gasteiger partial charge in [0.15, 0.2) is 0 Å². The quantitative estimate of drug-likeness (QED) is 0.577. The van der Waals surface area contributed by atoms with E-state index < -0.39 is 0 Å². The molecule has 2 aliphatic rings. The number of fused-ring (bicyclic) bond motifs is 1. The molecule has 0 spiro atoms. The first kappa shape index (κ1) is 20.3. The summed E-state index contributed by atoms with van der Waals surface area (Å²) in [6, 6.07) is 15.9. The van der Waals surface area contributed by atoms with E-state index in [-0.39, 0.29) is 11.9 Å². The molecule has 0 radical (unpaired) electrons. The van der Waals surface area contributed by atoms with Gasteiger partial charge in [-0.15, -0.1) is 0 Å². The zero-order valence-corrected chi connectivity index (χ0v) is 18.2. The third-order valence-corrected chi connectivity index (χ3v) is 5.92. The number of aromatic nitrogens is 2. The molecule has 162 valence electrons. The Morgan fingerprint density at radius 2 is 2.03 bits per heavy atom. The molecule has 5 rings (SSSR count). The molecule has 0 saturated carbocycles. The number of imidazole rings is 1. The van der Waals surface area contributed by atoms with Gasteiger partial charge in [-0.3, -0.25) is 4.79 Å². The van der Waals surface area contributed by atoms with Gasteiger partial charge in [-0.05, 0) is 42.7 Å². The van der Waals surface area contributed by atoms with Gasteiger partial charge in [0.05, 0.1) is 44.1 Å². The molecular weight excluding hydrogens is 402 g/mol. The molecule has 3 aromatic rings. The first-order valence-corrected chi connectivity index (χ1v) is 10.7. The minimum Gasteiger partial charge on any atom is -0.495 e. The maximum atomic E-state index is 13.5. The number of amides is 1. The Morgan fingerprint density at radius 1 is 1.19 bits per heavy atom. The van der Waals surface area contributed by atoms with Crippen molar-refractivity contribution >= 4 is 12.0 Å². The van der Waals surface area contributed by atoms with E-state index in [0.717, 1.165) is 39.5 Å². The minimum absolute atomic E-state index is 0.0351. The number of methoxy groups -OCH3 is 1. The Bertz CT molecular complexity index is 1210. The lowest BCUT2D eigenvalue weighted by molar-refractivity contribution is -0.132. The molecule has 0 bridgehead atoms. The number of morpholine rings is 1. The van der Waals surface area contributed by atoms with Crippen LogP contribution in [0.4, 0.5) is 0 Å². The first-order valence-electron chi connectivity index (χ1n) is 10.7. The SMILES string of the molecule is COc1cc(C=C2CC=C3COCC(c4ccccc4)N3C2=O)ccc1-n1cnc(C)c1. The van der Waals surface area contributed by atoms with Crippen molar-refractivity contribution in [2.24, 2.45) is 0 Å². The Morgan fingerprint density at radius 3 is 2.78 bits per heavy atom. The predicted octanol–water partition coefficient (Wildman–Crippen LogP) is 4.46. The normalized spacial score (nSPS) is 19.6. The number of rotatable bonds is 4. The van der Waals surface area contributed by atoms with Gasteiger partial charge >= 0.3 is 0 Å². The van der Waals surface area contributed by atoms with E-state index in [1.165, 1.54) is 0 Å². The smallest absolute Gasteiger partial charge is 0.255 e. The van der Waals surface area contributed by atoms with Gasteiger partial charge in [0.2, 0.25) is 0 Å². The Balaban J connectivity index is 1.47. The van der Waals surface area contributed by atoms with E-state index in [0.29, 0.717) is 19.6 Å². The number of benzene rings is 2. The number of nitrogens with zero attached hydrogens (tertiary/aromatic N) is 3. The summed E-state index contributed by atoms with van der Waals surface area (Å²) in [6.07, 6.45) is 8.36. The zero-order chi connectivity index (χ0) is 22.1. The summed E-state index contributed by atoms with van der Waals surface area (Å²) < 4.78 is 13.3. The van der Waals surface area contributed by atoms with Crippen LogP contribution in [0.1, 0.15) is 29.3 Å². The fourth-order valence-corrected chi connectivity index (χ4v) is 4.31. The van der Waals surface area contributed by atoms with E-state index in [1.807, 2.05) is 77.2 Å². The zero-order valence-electron chi connectivity index (χ0n) is 18.2. The van der Waals surface area contributed by atoms with Crippen LogP contribution < -0.4 is 4.74 Å². The lowest BCUT2D eigenvalue weighted by Crippen LogP contribution is -2.44. The number of hydrogen-bond donors (Lipinski definition) is 0. The number of aryl methyl sites for hydroxylation is 1. The van der Waals surface area contributed by atoms with E-state index in [4.69, 9.17) is 9.47 Å². The van der Waals surface area contributed by atoms with Crippen molar-refractivity contribution in [3.63, 3.8) is 0 Å². The van der Waals surface area contributed by atoms with Gasteiger partial charge < -0.3 is 18.9 Å². The van der Waals surface area contributed by atoms with Crippen LogP contribution in [0.3, 0.4) is 0 Å². The van der Waals surface area contributed by atoms with Crippen molar-refractivity contribution in [1.82, 2.24) is 14.5 Å². The Kier molecular flexibility index (Phi) is 5.37. The van der Waals surface area contributed by atoms with Crippen molar-refractivity contribution < 1.29 is 14.3 Å². The fourth-order valence-electron chi connectivity index (χ4n) is 4.31. The largest absolute Gasteiger partial charge is 0.495 e. The number of ether oxygens (including phenoxy) is 2. The molecule has 1 fully saturated rings. The second kappa shape index (κ2) is 8.48. The van der Waals surface area contributed by atoms with E-state index in [9.17, 15) is 4.79 Å². The average molecular weight is 428 g/mol. The maximum absolute atomic E-state index is 13.5. The summed E-state index contributed by atoms with van der Waals surface area (Å²) in [5.74, 6) is 0.762. The van der Waals surface area contributed by atoms with Crippen molar-refractivity contribution in [2.45, 2.75) is 19.4 Å². The summed E-state index contributed by atoms with van der Waals surface area (Å²) in [7, 11) is 1.65. The highest BCUT2D eigenvalue weighted by atomic mass is 16.5. The van der Waals surface area contributed by atoms with Crippen molar-refractivity contribution in [2.75, 3.05) is 20.3 Å². The molecule has 32 heavy (non-hydrogen) atoms. The molecule has 3 heterocycles. The number of allylic oxidation sites excluding steroid dienone is 1. The Labute approximate surface area is 187 Å². The summed E-state index contributed by atoms with van der Waals surface area (Å²) in [4.78, 5) is 19.7. The van der Waals surface area contributed by atoms with E-state index in [1.54, 1.807) is 13.4 Å². The molecule has 1 saturated heterocycles. The highest BCUT2D eigenvalue weighted by Gasteiger charge is 2.35. The molecule has 2 aromatic carbocycles. The summed E-state index contributed by atoms with van der Waals surface area (Å²) in [5, 5.41) is 0. The van der Waals surface area contributed by atoms with Gasteiger partial charge in [0.1, 0.15) is 5.75 Å². The van der Waals surface area contributed by atoms with E-state index in [2.05, 4.69) is 11.1 Å². The summed E-state index contributed by atoms with van der Waals surface area (Å²) >= 11 is 0. The molecule has 6 nitrogen and oxygen atoms in total. The second-order valence-electron chi connectivity index (χ2n) is 8.04. The molecule has 1 aromatic heterocycles. The average Bonchev–Trinajstić information content (AvgIpc) is 3.27. The van der Waals surface area contributed by atoms with Crippen LogP contribution >= 0.6 is 0 Å². The van der Waals surface area contributed by atoms with Crippen molar-refractivity contribution in [3.8, 4) is 11.4 Å². The summed E-state index contributed by atoms with van der Waals surface area (Å²) in [5.41, 5.74) is 5.54. The molecule has 0 aliphatic carbocycles. The lowest BCUT2D eigenvalue weighted by atomic mass is 9.96. The predicted molar refractivity (Wildman–Crippen MR) is 122 cm³/mol. The number of hydrogen-bond acceptors (Lipinski definition) is 4. The van der Waals surface area contributed by atoms with Crippen LogP contribution in [-0.2, 0) is 9.53 Å². The molecule has 2 aliphatic heterocycles. The number of carbonyl (C=O) groups excluding carboxylic acids is 1. The minimum atomic E-state index is -0.117. The van der Waals surface area contributed by atoms with Gasteiger partial charge in [-0.25, -0.2) is 4.98 Å². The molecule has 6 heteroatoms. The summed E-state index contributed by atoms with van der Waals surface area (Å²) in [6.45, 7) is 2.91. The standard InChI is InChI=1S/C26H25N3O3/c1-18-14-28(17-27-18)23-11-8-19(13-25(23)31-2)12-21-9-10-22-15-32-16-24(29(22)26(21)30)20-6-4-3-5-7-20/h3-8,10-14,17,24H,9,15-16H2,1-2H3. The third kappa shape index (κ3) is 3.74. The maximum Gasteiger partial charge on any atom is 0.255 e. The van der Waals surface area contributed by atoms with E-state index >= 15 is 0 Å². The monoisotopic (exact) mass is 427 g/mol. The topological polar surface area (TPSA) is 56.6 Å². The van der Waals surface area contributed by atoms with Gasteiger partial charge in [0, 0.05) is 17.5 Å². The number of carbonyl (C=O) groups is 1. The molecular formula is C26H25N3O3. The van der Waals surface area contributed by atoms with Gasteiger partial charge in [-0.2, -0.15) is 0 Å². The lowest BCUT2D eigenvalue weighted by Gasteiger charge is -2.40. The fraction of sp³-hybridized carbons (Fsp3) is 0.231. The molecule has 1 atom stereocenters. The second-order valence-corrected chi connectivity index (χ2v) is 8.04. The Hall–Kier alpha value is -3.64. The third-order valence-electron chi connectivity index (χ3n) is 5.92. The molecule has 0 N–H and O–H groups in total. The first-order chi connectivity index (χ1) is 15.6. The van der Waals surface area contributed by atoms with Crippen LogP contribution in [0.5, 0.6) is 5.75 Å². The van der Waals surface area contributed by atoms with Crippen molar-refractivity contribution in [3.05, 3.63) is 95.2 Å².